The van der Waals surface area contributed by atoms with Gasteiger partial charge in [-0.15, -0.1) is 0 Å². The van der Waals surface area contributed by atoms with Crippen molar-refractivity contribution in [2.45, 2.75) is 20.3 Å². The molecule has 100 valence electrons. The Hall–Kier alpha value is -2.37. The molecule has 1 aromatic carbocycles. The molecule has 0 spiro atoms. The highest BCUT2D eigenvalue weighted by Gasteiger charge is 2.15. The van der Waals surface area contributed by atoms with Gasteiger partial charge in [0.1, 0.15) is 5.82 Å². The standard InChI is InChI=1S/C13H15FN4O/c1-3-9-6-11(18-17-9)16-13(19)10-5-8(15)4-7(2)12(10)14/h4-6H,3,15H2,1-2H3,(H2,16,17,18,19). The Bertz CT molecular complexity index is 621. The van der Waals surface area contributed by atoms with Gasteiger partial charge >= 0.3 is 0 Å². The van der Waals surface area contributed by atoms with E-state index in [1.54, 1.807) is 13.0 Å². The van der Waals surface area contributed by atoms with Crippen LogP contribution in [0.3, 0.4) is 0 Å². The lowest BCUT2D eigenvalue weighted by Gasteiger charge is -2.07. The minimum atomic E-state index is -0.571. The number of nitrogens with two attached hydrogens (primary N) is 1. The summed E-state index contributed by atoms with van der Waals surface area (Å²) in [5, 5.41) is 9.21. The Morgan fingerprint density at radius 2 is 2.21 bits per heavy atom. The van der Waals surface area contributed by atoms with E-state index >= 15 is 0 Å². The zero-order chi connectivity index (χ0) is 14.0. The molecule has 0 aliphatic carbocycles. The lowest BCUT2D eigenvalue weighted by Crippen LogP contribution is -2.15. The zero-order valence-corrected chi connectivity index (χ0v) is 10.7. The molecule has 4 N–H and O–H groups in total. The Morgan fingerprint density at radius 1 is 1.47 bits per heavy atom. The monoisotopic (exact) mass is 262 g/mol. The van der Waals surface area contributed by atoms with Gasteiger partial charge in [0, 0.05) is 17.4 Å². The molecule has 19 heavy (non-hydrogen) atoms. The molecule has 1 heterocycles. The van der Waals surface area contributed by atoms with Gasteiger partial charge in [0.05, 0.1) is 5.56 Å². The van der Waals surface area contributed by atoms with E-state index in [1.165, 1.54) is 12.1 Å². The predicted octanol–water partition coefficient (Wildman–Crippen LogP) is 2.25. The third-order valence-corrected chi connectivity index (χ3v) is 2.77. The molecule has 0 radical (unpaired) electrons. The summed E-state index contributed by atoms with van der Waals surface area (Å²) >= 11 is 0. The molecule has 0 saturated heterocycles. The van der Waals surface area contributed by atoms with Gasteiger partial charge in [-0.2, -0.15) is 5.10 Å². The molecule has 0 fully saturated rings. The van der Waals surface area contributed by atoms with Crippen LogP contribution in [0.2, 0.25) is 0 Å². The molecule has 5 nitrogen and oxygen atoms in total. The highest BCUT2D eigenvalue weighted by molar-refractivity contribution is 6.04. The number of halogens is 1. The van der Waals surface area contributed by atoms with Crippen molar-refractivity contribution in [2.75, 3.05) is 11.1 Å². The molecule has 0 bridgehead atoms. The number of hydrogen-bond acceptors (Lipinski definition) is 3. The SMILES string of the molecule is CCc1cc(NC(=O)c2cc(N)cc(C)c2F)n[nH]1. The second-order valence-electron chi connectivity index (χ2n) is 4.29. The van der Waals surface area contributed by atoms with Crippen molar-refractivity contribution in [1.82, 2.24) is 10.2 Å². The number of rotatable bonds is 3. The van der Waals surface area contributed by atoms with Gasteiger partial charge in [0.15, 0.2) is 5.82 Å². The smallest absolute Gasteiger partial charge is 0.259 e. The van der Waals surface area contributed by atoms with E-state index in [0.717, 1.165) is 12.1 Å². The number of H-pyrrole nitrogens is 1. The first-order chi connectivity index (χ1) is 9.01. The van der Waals surface area contributed by atoms with Crippen LogP contribution < -0.4 is 11.1 Å². The average molecular weight is 262 g/mol. The molecule has 0 unspecified atom stereocenters. The Morgan fingerprint density at radius 3 is 2.84 bits per heavy atom. The van der Waals surface area contributed by atoms with Crippen LogP contribution in [-0.2, 0) is 6.42 Å². The summed E-state index contributed by atoms with van der Waals surface area (Å²) in [6, 6.07) is 4.50. The minimum absolute atomic E-state index is 0.0847. The Balaban J connectivity index is 2.25. The first-order valence-electron chi connectivity index (χ1n) is 5.92. The van der Waals surface area contributed by atoms with E-state index < -0.39 is 11.7 Å². The van der Waals surface area contributed by atoms with Crippen molar-refractivity contribution in [3.05, 3.63) is 40.8 Å². The van der Waals surface area contributed by atoms with E-state index in [0.29, 0.717) is 17.1 Å². The van der Waals surface area contributed by atoms with Crippen molar-refractivity contribution in [1.29, 1.82) is 0 Å². The highest BCUT2D eigenvalue weighted by atomic mass is 19.1. The number of aromatic amines is 1. The van der Waals surface area contributed by atoms with Gasteiger partial charge < -0.3 is 11.1 Å². The van der Waals surface area contributed by atoms with Crippen LogP contribution in [0.1, 0.15) is 28.5 Å². The minimum Gasteiger partial charge on any atom is -0.399 e. The second kappa shape index (κ2) is 5.09. The van der Waals surface area contributed by atoms with E-state index in [-0.39, 0.29) is 5.56 Å². The van der Waals surface area contributed by atoms with Crippen molar-refractivity contribution < 1.29 is 9.18 Å². The van der Waals surface area contributed by atoms with Crippen LogP contribution in [0.25, 0.3) is 0 Å². The number of nitrogen functional groups attached to an aromatic ring is 1. The number of anilines is 2. The summed E-state index contributed by atoms with van der Waals surface area (Å²) in [5.41, 5.74) is 7.10. The molecule has 0 atom stereocenters. The fraction of sp³-hybridized carbons (Fsp3) is 0.231. The van der Waals surface area contributed by atoms with Gasteiger partial charge in [-0.05, 0) is 31.0 Å². The van der Waals surface area contributed by atoms with Crippen LogP contribution in [0.15, 0.2) is 18.2 Å². The van der Waals surface area contributed by atoms with E-state index in [1.807, 2.05) is 6.92 Å². The first kappa shape index (κ1) is 13.1. The van der Waals surface area contributed by atoms with Crippen LogP contribution in [0.4, 0.5) is 15.9 Å². The maximum Gasteiger partial charge on any atom is 0.259 e. The molecular weight excluding hydrogens is 247 g/mol. The Labute approximate surface area is 110 Å². The molecule has 1 amide bonds. The summed E-state index contributed by atoms with van der Waals surface area (Å²) in [6.45, 7) is 3.52. The molecular formula is C13H15FN4O. The van der Waals surface area contributed by atoms with Gasteiger partial charge in [-0.25, -0.2) is 4.39 Å². The Kier molecular flexibility index (Phi) is 3.50. The molecule has 0 saturated carbocycles. The predicted molar refractivity (Wildman–Crippen MR) is 71.5 cm³/mol. The van der Waals surface area contributed by atoms with Crippen molar-refractivity contribution in [3.63, 3.8) is 0 Å². The number of carbonyl (C=O) groups is 1. The van der Waals surface area contributed by atoms with E-state index in [2.05, 4.69) is 15.5 Å². The summed E-state index contributed by atoms with van der Waals surface area (Å²) < 4.78 is 13.9. The van der Waals surface area contributed by atoms with Crippen molar-refractivity contribution in [3.8, 4) is 0 Å². The number of hydrogen-bond donors (Lipinski definition) is 3. The number of aryl methyl sites for hydroxylation is 2. The summed E-state index contributed by atoms with van der Waals surface area (Å²) in [5.74, 6) is -0.777. The summed E-state index contributed by atoms with van der Waals surface area (Å²) in [7, 11) is 0. The van der Waals surface area contributed by atoms with Crippen LogP contribution in [-0.4, -0.2) is 16.1 Å². The maximum absolute atomic E-state index is 13.9. The number of nitrogens with one attached hydrogen (secondary N) is 2. The number of amides is 1. The third kappa shape index (κ3) is 2.73. The van der Waals surface area contributed by atoms with Crippen LogP contribution in [0, 0.1) is 12.7 Å². The first-order valence-corrected chi connectivity index (χ1v) is 5.92. The van der Waals surface area contributed by atoms with Gasteiger partial charge in [-0.3, -0.25) is 9.89 Å². The summed E-state index contributed by atoms with van der Waals surface area (Å²) in [4.78, 5) is 12.0. The largest absolute Gasteiger partial charge is 0.399 e. The molecule has 1 aromatic heterocycles. The molecule has 0 aliphatic heterocycles. The lowest BCUT2D eigenvalue weighted by atomic mass is 10.1. The quantitative estimate of drug-likeness (QED) is 0.742. The van der Waals surface area contributed by atoms with Crippen LogP contribution in [0.5, 0.6) is 0 Å². The number of benzene rings is 1. The van der Waals surface area contributed by atoms with Crippen LogP contribution >= 0.6 is 0 Å². The van der Waals surface area contributed by atoms with E-state index in [4.69, 9.17) is 5.73 Å². The van der Waals surface area contributed by atoms with Gasteiger partial charge in [0.25, 0.3) is 5.91 Å². The molecule has 6 heteroatoms. The third-order valence-electron chi connectivity index (χ3n) is 2.77. The lowest BCUT2D eigenvalue weighted by molar-refractivity contribution is 0.102. The van der Waals surface area contributed by atoms with Crippen molar-refractivity contribution in [2.24, 2.45) is 0 Å². The fourth-order valence-corrected chi connectivity index (χ4v) is 1.75. The second-order valence-corrected chi connectivity index (χ2v) is 4.29. The normalized spacial score (nSPS) is 10.5. The topological polar surface area (TPSA) is 83.8 Å². The number of nitrogens with zero attached hydrogens (tertiary/aromatic N) is 1. The zero-order valence-electron chi connectivity index (χ0n) is 10.7. The fourth-order valence-electron chi connectivity index (χ4n) is 1.75. The van der Waals surface area contributed by atoms with Crippen molar-refractivity contribution >= 4 is 17.4 Å². The summed E-state index contributed by atoms with van der Waals surface area (Å²) in [6.07, 6.45) is 0.772. The van der Waals surface area contributed by atoms with E-state index in [9.17, 15) is 9.18 Å². The van der Waals surface area contributed by atoms with Gasteiger partial charge in [0.2, 0.25) is 0 Å². The van der Waals surface area contributed by atoms with Gasteiger partial charge in [-0.1, -0.05) is 6.92 Å². The molecule has 0 aliphatic rings. The number of aromatic nitrogens is 2. The molecule has 2 rings (SSSR count). The molecule has 2 aromatic rings. The highest BCUT2D eigenvalue weighted by Crippen LogP contribution is 2.18. The average Bonchev–Trinajstić information content (AvgIpc) is 2.81. The number of carbonyl (C=O) groups excluding carboxylic acids is 1. The maximum atomic E-state index is 13.9.